The van der Waals surface area contributed by atoms with Gasteiger partial charge in [-0.3, -0.25) is 9.59 Å². The first kappa shape index (κ1) is 32.6. The lowest BCUT2D eigenvalue weighted by Crippen LogP contribution is -2.41. The van der Waals surface area contributed by atoms with E-state index < -0.39 is 54.3 Å². The molecule has 0 saturated carbocycles. The van der Waals surface area contributed by atoms with Crippen molar-refractivity contribution in [3.05, 3.63) is 77.1 Å². The molecule has 2 aromatic carbocycles. The number of nitrogens with one attached hydrogen (secondary N) is 1. The molecule has 1 aromatic heterocycles. The summed E-state index contributed by atoms with van der Waals surface area (Å²) in [5.74, 6) is -4.33. The first-order chi connectivity index (χ1) is 20.5. The zero-order valence-electron chi connectivity index (χ0n) is 24.4. The van der Waals surface area contributed by atoms with Crippen LogP contribution >= 0.6 is 0 Å². The van der Waals surface area contributed by atoms with Crippen molar-refractivity contribution in [2.24, 2.45) is 0 Å². The molecule has 1 N–H and O–H groups in total. The van der Waals surface area contributed by atoms with Gasteiger partial charge in [0.1, 0.15) is 12.1 Å². The quantitative estimate of drug-likeness (QED) is 0.225. The largest absolute Gasteiger partial charge is 0.494 e. The molecule has 0 spiro atoms. The molecule has 11 nitrogen and oxygen atoms in total. The maximum atomic E-state index is 14.7. The van der Waals surface area contributed by atoms with Crippen LogP contribution in [0.1, 0.15) is 48.3 Å². The van der Waals surface area contributed by atoms with Crippen LogP contribution in [0.3, 0.4) is 0 Å². The molecule has 43 heavy (non-hydrogen) atoms. The molecule has 13 heteroatoms. The predicted octanol–water partition coefficient (Wildman–Crippen LogP) is 4.17. The van der Waals surface area contributed by atoms with Crippen LogP contribution in [0.4, 0.5) is 8.78 Å². The maximum Gasteiger partial charge on any atom is 0.328 e. The van der Waals surface area contributed by atoms with Crippen LogP contribution in [0.5, 0.6) is 23.0 Å². The number of hydrogen-bond donors (Lipinski definition) is 1. The number of halogens is 2. The molecule has 0 aliphatic rings. The highest BCUT2D eigenvalue weighted by atomic mass is 19.1. The van der Waals surface area contributed by atoms with Gasteiger partial charge in [-0.15, -0.1) is 0 Å². The molecule has 0 aliphatic carbocycles. The summed E-state index contributed by atoms with van der Waals surface area (Å²) in [7, 11) is 3.99. The Bertz CT molecular complexity index is 1410. The number of benzene rings is 2. The Hall–Kier alpha value is -4.94. The van der Waals surface area contributed by atoms with Crippen LogP contribution in [0, 0.1) is 11.6 Å². The topological polar surface area (TPSA) is 132 Å². The molecule has 0 unspecified atom stereocenters. The summed E-state index contributed by atoms with van der Waals surface area (Å²) in [5, 5.41) is 2.49. The first-order valence-electron chi connectivity index (χ1n) is 13.0. The normalized spacial score (nSPS) is 12.1. The van der Waals surface area contributed by atoms with E-state index in [1.54, 1.807) is 19.1 Å². The van der Waals surface area contributed by atoms with Gasteiger partial charge in [-0.1, -0.05) is 12.1 Å². The van der Waals surface area contributed by atoms with Gasteiger partial charge in [0.25, 0.3) is 5.91 Å². The standard InChI is InChI=1S/C30H32F2N2O9/c1-16(34-29(36)27-28(42-15-41-18(3)35)25(40-6)11-12-33-27)30(37)43-17(2)26(19-7-9-23(38-4)21(31)13-19)20-8-10-24(39-5)22(32)14-20/h7-14,16-17,26H,15H2,1-6H3,(H,34,36)/t16-,17-/m0/s1. The van der Waals surface area contributed by atoms with E-state index in [-0.39, 0.29) is 28.7 Å². The lowest BCUT2D eigenvalue weighted by atomic mass is 9.86. The fourth-order valence-electron chi connectivity index (χ4n) is 4.23. The number of ether oxygens (including phenoxy) is 6. The van der Waals surface area contributed by atoms with Crippen molar-refractivity contribution in [3.63, 3.8) is 0 Å². The summed E-state index contributed by atoms with van der Waals surface area (Å²) in [6.45, 7) is 3.63. The van der Waals surface area contributed by atoms with Crippen LogP contribution in [0.2, 0.25) is 0 Å². The summed E-state index contributed by atoms with van der Waals surface area (Å²) in [6.07, 6.45) is 0.342. The zero-order chi connectivity index (χ0) is 31.7. The number of methoxy groups -OCH3 is 3. The summed E-state index contributed by atoms with van der Waals surface area (Å²) in [5.41, 5.74) is 0.532. The van der Waals surface area contributed by atoms with E-state index in [9.17, 15) is 23.2 Å². The smallest absolute Gasteiger partial charge is 0.328 e. The lowest BCUT2D eigenvalue weighted by molar-refractivity contribution is -0.151. The van der Waals surface area contributed by atoms with Gasteiger partial charge < -0.3 is 33.7 Å². The number of amides is 1. The van der Waals surface area contributed by atoms with E-state index in [0.717, 1.165) is 0 Å². The number of nitrogens with zero attached hydrogens (tertiary/aromatic N) is 1. The summed E-state index contributed by atoms with van der Waals surface area (Å²) in [6, 6.07) is 8.66. The monoisotopic (exact) mass is 602 g/mol. The van der Waals surface area contributed by atoms with Crippen molar-refractivity contribution in [2.45, 2.75) is 38.8 Å². The SMILES string of the molecule is COc1ccc(C(c2ccc(OC)c(F)c2)[C@H](C)OC(=O)[C@H](C)NC(=O)c2nccc(OC)c2OCOC(C)=O)cc1F. The van der Waals surface area contributed by atoms with Crippen LogP contribution in [0.15, 0.2) is 48.7 Å². The molecule has 1 heterocycles. The Balaban J connectivity index is 1.83. The van der Waals surface area contributed by atoms with Gasteiger partial charge in [-0.05, 0) is 49.2 Å². The molecule has 3 rings (SSSR count). The molecule has 0 fully saturated rings. The second-order valence-electron chi connectivity index (χ2n) is 9.19. The van der Waals surface area contributed by atoms with Gasteiger partial charge >= 0.3 is 11.9 Å². The summed E-state index contributed by atoms with van der Waals surface area (Å²) >= 11 is 0. The number of pyridine rings is 1. The van der Waals surface area contributed by atoms with Gasteiger partial charge in [0.15, 0.2) is 40.3 Å². The minimum Gasteiger partial charge on any atom is -0.494 e. The molecule has 0 bridgehead atoms. The highest BCUT2D eigenvalue weighted by molar-refractivity contribution is 5.98. The maximum absolute atomic E-state index is 14.7. The van der Waals surface area contributed by atoms with Gasteiger partial charge in [0, 0.05) is 25.1 Å². The van der Waals surface area contributed by atoms with E-state index in [1.807, 2.05) is 0 Å². The van der Waals surface area contributed by atoms with Gasteiger partial charge in [0.05, 0.1) is 21.3 Å². The van der Waals surface area contributed by atoms with Crippen molar-refractivity contribution in [1.82, 2.24) is 10.3 Å². The first-order valence-corrected chi connectivity index (χ1v) is 13.0. The van der Waals surface area contributed by atoms with Gasteiger partial charge in [0.2, 0.25) is 6.79 Å². The van der Waals surface area contributed by atoms with Crippen molar-refractivity contribution in [1.29, 1.82) is 0 Å². The number of carbonyl (C=O) groups is 3. The molecule has 0 saturated heterocycles. The van der Waals surface area contributed by atoms with Crippen molar-refractivity contribution in [3.8, 4) is 23.0 Å². The second-order valence-corrected chi connectivity index (χ2v) is 9.19. The predicted molar refractivity (Wildman–Crippen MR) is 148 cm³/mol. The van der Waals surface area contributed by atoms with E-state index in [0.29, 0.717) is 11.1 Å². The second kappa shape index (κ2) is 14.8. The molecule has 230 valence electrons. The number of esters is 2. The molecular weight excluding hydrogens is 570 g/mol. The molecule has 1 amide bonds. The van der Waals surface area contributed by atoms with Crippen molar-refractivity contribution >= 4 is 17.8 Å². The van der Waals surface area contributed by atoms with Crippen LogP contribution in [0.25, 0.3) is 0 Å². The Morgan fingerprint density at radius 3 is 1.91 bits per heavy atom. The average Bonchev–Trinajstić information content (AvgIpc) is 2.97. The molecule has 0 aliphatic heterocycles. The third-order valence-corrected chi connectivity index (χ3v) is 6.31. The third kappa shape index (κ3) is 8.09. The lowest BCUT2D eigenvalue weighted by Gasteiger charge is -2.27. The minimum atomic E-state index is -1.19. The molecule has 3 aromatic rings. The van der Waals surface area contributed by atoms with E-state index >= 15 is 0 Å². The molecular formula is C30H32F2N2O9. The average molecular weight is 603 g/mol. The zero-order valence-corrected chi connectivity index (χ0v) is 24.4. The Kier molecular flexibility index (Phi) is 11.2. The number of carbonyl (C=O) groups excluding carboxylic acids is 3. The number of hydrogen-bond acceptors (Lipinski definition) is 10. The van der Waals surface area contributed by atoms with E-state index in [2.05, 4.69) is 10.3 Å². The van der Waals surface area contributed by atoms with Crippen molar-refractivity contribution in [2.75, 3.05) is 28.1 Å². The van der Waals surface area contributed by atoms with Gasteiger partial charge in [-0.2, -0.15) is 0 Å². The van der Waals surface area contributed by atoms with Crippen LogP contribution < -0.4 is 24.3 Å². The fraction of sp³-hybridized carbons (Fsp3) is 0.333. The van der Waals surface area contributed by atoms with Gasteiger partial charge in [-0.25, -0.2) is 18.6 Å². The molecule has 2 atom stereocenters. The Morgan fingerprint density at radius 2 is 1.42 bits per heavy atom. The van der Waals surface area contributed by atoms with E-state index in [1.165, 1.54) is 71.7 Å². The van der Waals surface area contributed by atoms with Crippen molar-refractivity contribution < 1.29 is 51.6 Å². The van der Waals surface area contributed by atoms with Crippen LogP contribution in [-0.4, -0.2) is 63.1 Å². The number of aromatic nitrogens is 1. The summed E-state index contributed by atoms with van der Waals surface area (Å²) in [4.78, 5) is 41.3. The minimum absolute atomic E-state index is 0.00625. The Morgan fingerprint density at radius 1 is 0.860 bits per heavy atom. The summed E-state index contributed by atoms with van der Waals surface area (Å²) < 4.78 is 60.4. The third-order valence-electron chi connectivity index (χ3n) is 6.31. The Labute approximate surface area is 247 Å². The van der Waals surface area contributed by atoms with E-state index in [4.69, 9.17) is 28.4 Å². The fourth-order valence-corrected chi connectivity index (χ4v) is 4.23. The number of rotatable bonds is 13. The highest BCUT2D eigenvalue weighted by Gasteiger charge is 2.30. The van der Waals surface area contributed by atoms with Crippen LogP contribution in [-0.2, 0) is 19.1 Å². The highest BCUT2D eigenvalue weighted by Crippen LogP contribution is 2.34. The molecule has 0 radical (unpaired) electrons.